The van der Waals surface area contributed by atoms with Crippen LogP contribution in [0.3, 0.4) is 0 Å². The van der Waals surface area contributed by atoms with Gasteiger partial charge in [-0.15, -0.1) is 0 Å². The second-order valence-electron chi connectivity index (χ2n) is 3.88. The molecular weight excluding hydrogens is 220 g/mol. The minimum absolute atomic E-state index is 0.137. The van der Waals surface area contributed by atoms with Gasteiger partial charge in [0.25, 0.3) is 6.43 Å². The standard InChI is InChI=1S/C10H19F2NO3/c1-4-15-9(14)10(3,13)5-7(2)16-6-8(11)12/h7-8H,4-6,13H2,1-3H3. The van der Waals surface area contributed by atoms with Crippen molar-refractivity contribution in [1.82, 2.24) is 0 Å². The van der Waals surface area contributed by atoms with Crippen molar-refractivity contribution >= 4 is 5.97 Å². The second kappa shape index (κ2) is 6.75. The predicted molar refractivity (Wildman–Crippen MR) is 55.3 cm³/mol. The molecule has 0 fully saturated rings. The molecule has 0 aromatic heterocycles. The summed E-state index contributed by atoms with van der Waals surface area (Å²) >= 11 is 0. The van der Waals surface area contributed by atoms with E-state index in [-0.39, 0.29) is 13.0 Å². The molecule has 0 radical (unpaired) electrons. The quantitative estimate of drug-likeness (QED) is 0.681. The van der Waals surface area contributed by atoms with Crippen LogP contribution in [0.2, 0.25) is 0 Å². The van der Waals surface area contributed by atoms with Crippen molar-refractivity contribution in [2.24, 2.45) is 5.73 Å². The van der Waals surface area contributed by atoms with E-state index in [1.54, 1.807) is 13.8 Å². The Morgan fingerprint density at radius 3 is 2.50 bits per heavy atom. The molecule has 0 aromatic rings. The van der Waals surface area contributed by atoms with Crippen molar-refractivity contribution in [2.75, 3.05) is 13.2 Å². The molecule has 0 rings (SSSR count). The maximum absolute atomic E-state index is 11.9. The molecule has 4 nitrogen and oxygen atoms in total. The zero-order valence-corrected chi connectivity index (χ0v) is 9.83. The average Bonchev–Trinajstić information content (AvgIpc) is 2.14. The topological polar surface area (TPSA) is 61.5 Å². The number of carbonyl (C=O) groups is 1. The fourth-order valence-corrected chi connectivity index (χ4v) is 1.27. The molecule has 16 heavy (non-hydrogen) atoms. The third-order valence-electron chi connectivity index (χ3n) is 1.96. The first kappa shape index (κ1) is 15.2. The van der Waals surface area contributed by atoms with E-state index in [0.717, 1.165) is 0 Å². The van der Waals surface area contributed by atoms with E-state index in [1.165, 1.54) is 6.92 Å². The maximum Gasteiger partial charge on any atom is 0.325 e. The van der Waals surface area contributed by atoms with Gasteiger partial charge in [-0.3, -0.25) is 4.79 Å². The number of ether oxygens (including phenoxy) is 2. The molecule has 0 bridgehead atoms. The van der Waals surface area contributed by atoms with Gasteiger partial charge in [0.1, 0.15) is 12.1 Å². The van der Waals surface area contributed by atoms with Crippen molar-refractivity contribution in [2.45, 2.75) is 45.3 Å². The normalized spacial score (nSPS) is 16.9. The number of hydrogen-bond acceptors (Lipinski definition) is 4. The van der Waals surface area contributed by atoms with E-state index < -0.39 is 30.6 Å². The summed E-state index contributed by atoms with van der Waals surface area (Å²) < 4.78 is 33.3. The highest BCUT2D eigenvalue weighted by Gasteiger charge is 2.32. The van der Waals surface area contributed by atoms with Crippen molar-refractivity contribution in [3.8, 4) is 0 Å². The van der Waals surface area contributed by atoms with Crippen LogP contribution in [-0.4, -0.2) is 37.3 Å². The van der Waals surface area contributed by atoms with Crippen LogP contribution in [-0.2, 0) is 14.3 Å². The molecule has 2 N–H and O–H groups in total. The monoisotopic (exact) mass is 239 g/mol. The van der Waals surface area contributed by atoms with Crippen molar-refractivity contribution < 1.29 is 23.0 Å². The smallest absolute Gasteiger partial charge is 0.325 e. The molecule has 0 aromatic carbocycles. The summed E-state index contributed by atoms with van der Waals surface area (Å²) in [7, 11) is 0. The molecule has 96 valence electrons. The molecule has 2 unspecified atom stereocenters. The lowest BCUT2D eigenvalue weighted by Gasteiger charge is -2.25. The summed E-state index contributed by atoms with van der Waals surface area (Å²) in [6.45, 7) is 4.34. The Morgan fingerprint density at radius 1 is 1.50 bits per heavy atom. The molecule has 0 saturated carbocycles. The summed E-state index contributed by atoms with van der Waals surface area (Å²) in [5.74, 6) is -0.553. The lowest BCUT2D eigenvalue weighted by Crippen LogP contribution is -2.48. The van der Waals surface area contributed by atoms with Crippen molar-refractivity contribution in [3.63, 3.8) is 0 Å². The number of halogens is 2. The van der Waals surface area contributed by atoms with Crippen LogP contribution in [0.4, 0.5) is 8.78 Å². The Bertz CT molecular complexity index is 222. The van der Waals surface area contributed by atoms with E-state index in [1.807, 2.05) is 0 Å². The highest BCUT2D eigenvalue weighted by Crippen LogP contribution is 2.14. The van der Waals surface area contributed by atoms with Crippen LogP contribution >= 0.6 is 0 Å². The summed E-state index contributed by atoms with van der Waals surface area (Å²) in [6.07, 6.45) is -2.90. The molecule has 0 aliphatic carbocycles. The predicted octanol–water partition coefficient (Wildman–Crippen LogP) is 1.33. The third kappa shape index (κ3) is 5.97. The van der Waals surface area contributed by atoms with Gasteiger partial charge in [0.2, 0.25) is 0 Å². The van der Waals surface area contributed by atoms with Crippen molar-refractivity contribution in [3.05, 3.63) is 0 Å². The molecule has 0 amide bonds. The van der Waals surface area contributed by atoms with Crippen LogP contribution in [0.5, 0.6) is 0 Å². The van der Waals surface area contributed by atoms with Crippen LogP contribution < -0.4 is 5.73 Å². The lowest BCUT2D eigenvalue weighted by molar-refractivity contribution is -0.150. The molecule has 2 atom stereocenters. The number of alkyl halides is 2. The van der Waals surface area contributed by atoms with Gasteiger partial charge >= 0.3 is 5.97 Å². The molecule has 0 saturated heterocycles. The maximum atomic E-state index is 11.9. The summed E-state index contributed by atoms with van der Waals surface area (Å²) in [6, 6.07) is 0. The van der Waals surface area contributed by atoms with Crippen LogP contribution in [0.25, 0.3) is 0 Å². The number of rotatable bonds is 7. The Balaban J connectivity index is 4.08. The van der Waals surface area contributed by atoms with E-state index >= 15 is 0 Å². The minimum atomic E-state index is -2.52. The molecule has 0 heterocycles. The van der Waals surface area contributed by atoms with E-state index in [4.69, 9.17) is 15.2 Å². The number of hydrogen-bond donors (Lipinski definition) is 1. The van der Waals surface area contributed by atoms with Gasteiger partial charge < -0.3 is 15.2 Å². The largest absolute Gasteiger partial charge is 0.465 e. The van der Waals surface area contributed by atoms with Crippen LogP contribution in [0.15, 0.2) is 0 Å². The first-order valence-corrected chi connectivity index (χ1v) is 5.15. The van der Waals surface area contributed by atoms with Crippen LogP contribution in [0, 0.1) is 0 Å². The highest BCUT2D eigenvalue weighted by atomic mass is 19.3. The van der Waals surface area contributed by atoms with Gasteiger partial charge in [-0.2, -0.15) is 0 Å². The molecule has 0 aliphatic heterocycles. The number of esters is 1. The third-order valence-corrected chi connectivity index (χ3v) is 1.96. The molecular formula is C10H19F2NO3. The second-order valence-corrected chi connectivity index (χ2v) is 3.88. The van der Waals surface area contributed by atoms with E-state index in [9.17, 15) is 13.6 Å². The Morgan fingerprint density at radius 2 is 2.06 bits per heavy atom. The molecule has 0 spiro atoms. The number of nitrogens with two attached hydrogens (primary N) is 1. The molecule has 6 heteroatoms. The van der Waals surface area contributed by atoms with Gasteiger partial charge in [-0.1, -0.05) is 0 Å². The van der Waals surface area contributed by atoms with Gasteiger partial charge in [0.05, 0.1) is 12.7 Å². The van der Waals surface area contributed by atoms with Gasteiger partial charge in [-0.05, 0) is 20.8 Å². The zero-order valence-electron chi connectivity index (χ0n) is 9.83. The lowest BCUT2D eigenvalue weighted by atomic mass is 9.96. The highest BCUT2D eigenvalue weighted by molar-refractivity contribution is 5.80. The summed E-state index contributed by atoms with van der Waals surface area (Å²) in [5, 5.41) is 0. The van der Waals surface area contributed by atoms with E-state index in [0.29, 0.717) is 0 Å². The Labute approximate surface area is 94.1 Å². The fourth-order valence-electron chi connectivity index (χ4n) is 1.27. The first-order valence-electron chi connectivity index (χ1n) is 5.15. The first-order chi connectivity index (χ1) is 7.29. The Hall–Kier alpha value is -0.750. The average molecular weight is 239 g/mol. The molecule has 0 aliphatic rings. The van der Waals surface area contributed by atoms with Crippen LogP contribution in [0.1, 0.15) is 27.2 Å². The number of carbonyl (C=O) groups excluding carboxylic acids is 1. The Kier molecular flexibility index (Phi) is 6.43. The van der Waals surface area contributed by atoms with Gasteiger partial charge in [0, 0.05) is 6.42 Å². The van der Waals surface area contributed by atoms with E-state index in [2.05, 4.69) is 0 Å². The summed E-state index contributed by atoms with van der Waals surface area (Å²) in [5.41, 5.74) is 4.50. The summed E-state index contributed by atoms with van der Waals surface area (Å²) in [4.78, 5) is 11.4. The fraction of sp³-hybridized carbons (Fsp3) is 0.900. The van der Waals surface area contributed by atoms with Crippen molar-refractivity contribution in [1.29, 1.82) is 0 Å². The minimum Gasteiger partial charge on any atom is -0.465 e. The zero-order chi connectivity index (χ0) is 12.8. The SMILES string of the molecule is CCOC(=O)C(C)(N)CC(C)OCC(F)F. The van der Waals surface area contributed by atoms with Gasteiger partial charge in [-0.25, -0.2) is 8.78 Å². The van der Waals surface area contributed by atoms with Gasteiger partial charge in [0.15, 0.2) is 0 Å².